The van der Waals surface area contributed by atoms with Gasteiger partial charge in [-0.3, -0.25) is 4.98 Å². The Kier molecular flexibility index (Phi) is 2.61. The lowest BCUT2D eigenvalue weighted by Gasteiger charge is -2.05. The van der Waals surface area contributed by atoms with E-state index in [9.17, 15) is 8.42 Å². The average molecular weight is 257 g/mol. The number of fused-ring (bicyclic) bond motifs is 1. The molecular formula is C10H9ClN2O2S. The zero-order valence-electron chi connectivity index (χ0n) is 8.44. The zero-order chi connectivity index (χ0) is 11.9. The molecule has 0 aliphatic carbocycles. The van der Waals surface area contributed by atoms with E-state index in [2.05, 4.69) is 4.98 Å². The van der Waals surface area contributed by atoms with Crippen LogP contribution in [-0.2, 0) is 10.0 Å². The average Bonchev–Trinajstić information content (AvgIpc) is 2.14. The Morgan fingerprint density at radius 1 is 1.31 bits per heavy atom. The van der Waals surface area contributed by atoms with E-state index in [0.717, 1.165) is 0 Å². The topological polar surface area (TPSA) is 73.0 Å². The van der Waals surface area contributed by atoms with Gasteiger partial charge >= 0.3 is 0 Å². The number of hydrogen-bond donors (Lipinski definition) is 1. The van der Waals surface area contributed by atoms with Crippen molar-refractivity contribution < 1.29 is 8.42 Å². The number of sulfonamides is 1. The van der Waals surface area contributed by atoms with E-state index in [1.165, 1.54) is 6.07 Å². The Labute approximate surface area is 98.1 Å². The summed E-state index contributed by atoms with van der Waals surface area (Å²) >= 11 is 5.82. The van der Waals surface area contributed by atoms with Crippen molar-refractivity contribution in [3.05, 3.63) is 35.0 Å². The van der Waals surface area contributed by atoms with Gasteiger partial charge in [0.05, 0.1) is 11.2 Å². The van der Waals surface area contributed by atoms with Gasteiger partial charge in [0.1, 0.15) is 4.90 Å². The molecule has 2 N–H and O–H groups in total. The number of aromatic nitrogens is 1. The highest BCUT2D eigenvalue weighted by molar-refractivity contribution is 7.89. The molecule has 16 heavy (non-hydrogen) atoms. The highest BCUT2D eigenvalue weighted by atomic mass is 35.5. The fraction of sp³-hybridized carbons (Fsp3) is 0.100. The van der Waals surface area contributed by atoms with E-state index in [0.29, 0.717) is 21.6 Å². The van der Waals surface area contributed by atoms with Gasteiger partial charge in [-0.1, -0.05) is 17.7 Å². The molecule has 6 heteroatoms. The second-order valence-corrected chi connectivity index (χ2v) is 5.42. The van der Waals surface area contributed by atoms with E-state index in [1.54, 1.807) is 25.1 Å². The first-order chi connectivity index (χ1) is 7.38. The van der Waals surface area contributed by atoms with E-state index in [-0.39, 0.29) is 4.90 Å². The number of halogens is 1. The quantitative estimate of drug-likeness (QED) is 0.846. The molecule has 2 aromatic rings. The van der Waals surface area contributed by atoms with Crippen LogP contribution in [0.5, 0.6) is 0 Å². The van der Waals surface area contributed by atoms with Crippen LogP contribution in [0.15, 0.2) is 29.2 Å². The zero-order valence-corrected chi connectivity index (χ0v) is 10.0. The number of hydrogen-bond acceptors (Lipinski definition) is 3. The molecule has 2 rings (SSSR count). The molecule has 0 saturated heterocycles. The molecule has 1 aromatic heterocycles. The molecule has 0 amide bonds. The maximum Gasteiger partial charge on any atom is 0.239 e. The van der Waals surface area contributed by atoms with Crippen LogP contribution in [0.2, 0.25) is 5.02 Å². The minimum absolute atomic E-state index is 0.0438. The molecule has 0 radical (unpaired) electrons. The summed E-state index contributed by atoms with van der Waals surface area (Å²) in [6.45, 7) is 1.60. The smallest absolute Gasteiger partial charge is 0.239 e. The van der Waals surface area contributed by atoms with E-state index in [1.807, 2.05) is 0 Å². The lowest BCUT2D eigenvalue weighted by Crippen LogP contribution is -2.14. The number of primary sulfonamides is 1. The van der Waals surface area contributed by atoms with Crippen molar-refractivity contribution in [2.45, 2.75) is 11.8 Å². The Morgan fingerprint density at radius 3 is 2.62 bits per heavy atom. The third-order valence-electron chi connectivity index (χ3n) is 2.23. The highest BCUT2D eigenvalue weighted by Crippen LogP contribution is 2.22. The van der Waals surface area contributed by atoms with E-state index in [4.69, 9.17) is 16.7 Å². The molecule has 0 fully saturated rings. The number of benzene rings is 1. The first kappa shape index (κ1) is 11.3. The van der Waals surface area contributed by atoms with Crippen molar-refractivity contribution in [1.82, 2.24) is 4.98 Å². The van der Waals surface area contributed by atoms with Crippen LogP contribution in [0.25, 0.3) is 10.9 Å². The van der Waals surface area contributed by atoms with E-state index < -0.39 is 10.0 Å². The van der Waals surface area contributed by atoms with Crippen LogP contribution >= 0.6 is 11.6 Å². The number of nitrogens with two attached hydrogens (primary N) is 1. The minimum Gasteiger partial charge on any atom is -0.252 e. The highest BCUT2D eigenvalue weighted by Gasteiger charge is 2.13. The van der Waals surface area contributed by atoms with Crippen LogP contribution in [0, 0.1) is 6.92 Å². The molecule has 0 atom stereocenters. The second kappa shape index (κ2) is 3.69. The van der Waals surface area contributed by atoms with Gasteiger partial charge in [0.15, 0.2) is 0 Å². The fourth-order valence-corrected chi connectivity index (χ4v) is 2.42. The maximum absolute atomic E-state index is 11.3. The molecular weight excluding hydrogens is 248 g/mol. The van der Waals surface area contributed by atoms with Gasteiger partial charge in [-0.05, 0) is 25.1 Å². The maximum atomic E-state index is 11.3. The van der Waals surface area contributed by atoms with Crippen LogP contribution in [0.4, 0.5) is 0 Å². The van der Waals surface area contributed by atoms with Crippen molar-refractivity contribution in [1.29, 1.82) is 0 Å². The van der Waals surface area contributed by atoms with Crippen molar-refractivity contribution in [2.24, 2.45) is 5.14 Å². The van der Waals surface area contributed by atoms with Gasteiger partial charge in [0.2, 0.25) is 10.0 Å². The summed E-state index contributed by atoms with van der Waals surface area (Å²) in [7, 11) is -3.73. The molecule has 4 nitrogen and oxygen atoms in total. The second-order valence-electron chi connectivity index (χ2n) is 3.45. The molecule has 0 aliphatic rings. The summed E-state index contributed by atoms with van der Waals surface area (Å²) < 4.78 is 22.6. The summed E-state index contributed by atoms with van der Waals surface area (Å²) in [5.74, 6) is 0. The fourth-order valence-electron chi connectivity index (χ4n) is 1.51. The third kappa shape index (κ3) is 2.02. The lowest BCUT2D eigenvalue weighted by atomic mass is 10.2. The van der Waals surface area contributed by atoms with Gasteiger partial charge in [-0.25, -0.2) is 13.6 Å². The summed E-state index contributed by atoms with van der Waals surface area (Å²) in [5.41, 5.74) is 1.02. The molecule has 0 unspecified atom stereocenters. The van der Waals surface area contributed by atoms with Crippen molar-refractivity contribution >= 4 is 32.5 Å². The SMILES string of the molecule is Cc1nc2cc(Cl)ccc2cc1S(N)(=O)=O. The number of aryl methyl sites for hydroxylation is 1. The summed E-state index contributed by atoms with van der Waals surface area (Å²) in [6.07, 6.45) is 0. The molecule has 0 aliphatic heterocycles. The molecule has 1 aromatic carbocycles. The lowest BCUT2D eigenvalue weighted by molar-refractivity contribution is 0.597. The number of nitrogens with zero attached hydrogens (tertiary/aromatic N) is 1. The Hall–Kier alpha value is -1.17. The molecule has 1 heterocycles. The van der Waals surface area contributed by atoms with Crippen LogP contribution in [-0.4, -0.2) is 13.4 Å². The first-order valence-corrected chi connectivity index (χ1v) is 6.40. The minimum atomic E-state index is -3.73. The molecule has 84 valence electrons. The first-order valence-electron chi connectivity index (χ1n) is 4.47. The summed E-state index contributed by atoms with van der Waals surface area (Å²) in [5, 5.41) is 6.34. The van der Waals surface area contributed by atoms with Gasteiger partial charge in [-0.15, -0.1) is 0 Å². The van der Waals surface area contributed by atoms with Crippen molar-refractivity contribution in [3.8, 4) is 0 Å². The van der Waals surface area contributed by atoms with Gasteiger partial charge in [0, 0.05) is 10.4 Å². The van der Waals surface area contributed by atoms with Gasteiger partial charge in [-0.2, -0.15) is 0 Å². The molecule has 0 saturated carbocycles. The van der Waals surface area contributed by atoms with Crippen LogP contribution < -0.4 is 5.14 Å². The summed E-state index contributed by atoms with van der Waals surface area (Å²) in [4.78, 5) is 4.20. The monoisotopic (exact) mass is 256 g/mol. The third-order valence-corrected chi connectivity index (χ3v) is 3.49. The number of pyridine rings is 1. The van der Waals surface area contributed by atoms with Gasteiger partial charge < -0.3 is 0 Å². The Bertz CT molecular complexity index is 668. The number of rotatable bonds is 1. The van der Waals surface area contributed by atoms with E-state index >= 15 is 0 Å². The Morgan fingerprint density at radius 2 is 2.00 bits per heavy atom. The predicted octanol–water partition coefficient (Wildman–Crippen LogP) is 1.84. The summed E-state index contributed by atoms with van der Waals surface area (Å²) in [6, 6.07) is 6.56. The standard InChI is InChI=1S/C10H9ClN2O2S/c1-6-10(16(12,14)15)4-7-2-3-8(11)5-9(7)13-6/h2-5H,1H3,(H2,12,14,15). The van der Waals surface area contributed by atoms with Crippen molar-refractivity contribution in [2.75, 3.05) is 0 Å². The van der Waals surface area contributed by atoms with Crippen molar-refractivity contribution in [3.63, 3.8) is 0 Å². The Balaban J connectivity index is 2.83. The van der Waals surface area contributed by atoms with Gasteiger partial charge in [0.25, 0.3) is 0 Å². The van der Waals surface area contributed by atoms with Crippen LogP contribution in [0.1, 0.15) is 5.69 Å². The molecule has 0 bridgehead atoms. The molecule has 0 spiro atoms. The van der Waals surface area contributed by atoms with Crippen LogP contribution in [0.3, 0.4) is 0 Å². The predicted molar refractivity (Wildman–Crippen MR) is 62.9 cm³/mol. The normalized spacial score (nSPS) is 11.9. The largest absolute Gasteiger partial charge is 0.252 e.